The first kappa shape index (κ1) is 15.1. The number of carbonyl (C=O) groups excluding carboxylic acids is 2. The molecule has 0 bridgehead atoms. The lowest BCUT2D eigenvalue weighted by atomic mass is 10.2. The Morgan fingerprint density at radius 3 is 2.30 bits per heavy atom. The first-order valence-electron chi connectivity index (χ1n) is 7.57. The van der Waals surface area contributed by atoms with E-state index in [1.165, 1.54) is 12.5 Å². The summed E-state index contributed by atoms with van der Waals surface area (Å²) in [6, 6.07) is 11.4. The van der Waals surface area contributed by atoms with Crippen molar-refractivity contribution in [1.82, 2.24) is 9.80 Å². The zero-order chi connectivity index (χ0) is 16.1. The van der Waals surface area contributed by atoms with Gasteiger partial charge in [0.05, 0.1) is 11.8 Å². The third-order valence-electron chi connectivity index (χ3n) is 3.86. The molecular weight excluding hydrogens is 292 g/mol. The number of piperazine rings is 1. The number of hydrogen-bond acceptors (Lipinski definition) is 3. The van der Waals surface area contributed by atoms with Gasteiger partial charge in [-0.05, 0) is 17.7 Å². The monoisotopic (exact) mass is 310 g/mol. The highest BCUT2D eigenvalue weighted by Crippen LogP contribution is 2.10. The average Bonchev–Trinajstić information content (AvgIpc) is 3.15. The summed E-state index contributed by atoms with van der Waals surface area (Å²) in [5.74, 6) is -0.0741. The van der Waals surface area contributed by atoms with Crippen LogP contribution in [0.5, 0.6) is 0 Å². The minimum atomic E-state index is -0.0503. The molecule has 23 heavy (non-hydrogen) atoms. The second-order valence-electron chi connectivity index (χ2n) is 5.37. The van der Waals surface area contributed by atoms with Gasteiger partial charge in [-0.15, -0.1) is 0 Å². The summed E-state index contributed by atoms with van der Waals surface area (Å²) in [5, 5.41) is 0. The maximum atomic E-state index is 12.2. The number of amides is 2. The Bertz CT molecular complexity index is 684. The van der Waals surface area contributed by atoms with E-state index in [2.05, 4.69) is 0 Å². The minimum absolute atomic E-state index is 0.0238. The molecule has 0 radical (unpaired) electrons. The number of hydrogen-bond donors (Lipinski definition) is 0. The molecular formula is C18H18N2O3. The van der Waals surface area contributed by atoms with Crippen LogP contribution >= 0.6 is 0 Å². The summed E-state index contributed by atoms with van der Waals surface area (Å²) in [6.45, 7) is 2.16. The molecule has 1 saturated heterocycles. The molecule has 0 unspecified atom stereocenters. The molecule has 0 atom stereocenters. The van der Waals surface area contributed by atoms with Gasteiger partial charge in [-0.1, -0.05) is 30.3 Å². The van der Waals surface area contributed by atoms with E-state index in [9.17, 15) is 9.59 Å². The van der Waals surface area contributed by atoms with Crippen LogP contribution in [0.3, 0.4) is 0 Å². The Kier molecular flexibility index (Phi) is 4.57. The van der Waals surface area contributed by atoms with Crippen molar-refractivity contribution in [1.29, 1.82) is 0 Å². The van der Waals surface area contributed by atoms with Crippen molar-refractivity contribution in [3.63, 3.8) is 0 Å². The SMILES string of the molecule is O=C(/C=C/c1ccccc1)N1CCN(C(=O)c2ccoc2)CC1. The molecule has 2 amide bonds. The molecule has 1 aliphatic heterocycles. The molecule has 1 aromatic heterocycles. The Hall–Kier alpha value is -2.82. The molecule has 2 aromatic rings. The number of furan rings is 1. The number of rotatable bonds is 3. The van der Waals surface area contributed by atoms with Crippen molar-refractivity contribution >= 4 is 17.9 Å². The lowest BCUT2D eigenvalue weighted by Gasteiger charge is -2.34. The Morgan fingerprint density at radius 1 is 0.957 bits per heavy atom. The molecule has 1 aromatic carbocycles. The van der Waals surface area contributed by atoms with Crippen LogP contribution in [-0.2, 0) is 4.79 Å². The molecule has 0 spiro atoms. The van der Waals surface area contributed by atoms with Gasteiger partial charge in [-0.25, -0.2) is 0 Å². The van der Waals surface area contributed by atoms with Gasteiger partial charge in [-0.3, -0.25) is 9.59 Å². The Morgan fingerprint density at radius 2 is 1.65 bits per heavy atom. The van der Waals surface area contributed by atoms with E-state index >= 15 is 0 Å². The number of nitrogens with zero attached hydrogens (tertiary/aromatic N) is 2. The van der Waals surface area contributed by atoms with Gasteiger partial charge in [0.1, 0.15) is 6.26 Å². The third kappa shape index (κ3) is 3.69. The maximum Gasteiger partial charge on any atom is 0.257 e. The van der Waals surface area contributed by atoms with E-state index in [4.69, 9.17) is 4.42 Å². The van der Waals surface area contributed by atoms with Gasteiger partial charge in [0.15, 0.2) is 0 Å². The number of benzene rings is 1. The van der Waals surface area contributed by atoms with Gasteiger partial charge in [-0.2, -0.15) is 0 Å². The predicted octanol–water partition coefficient (Wildman–Crippen LogP) is 2.28. The summed E-state index contributed by atoms with van der Waals surface area (Å²) < 4.78 is 4.94. The molecule has 5 heteroatoms. The van der Waals surface area contributed by atoms with Crippen molar-refractivity contribution in [2.75, 3.05) is 26.2 Å². The smallest absolute Gasteiger partial charge is 0.257 e. The highest BCUT2D eigenvalue weighted by atomic mass is 16.3. The zero-order valence-electron chi connectivity index (χ0n) is 12.7. The van der Waals surface area contributed by atoms with Crippen LogP contribution in [0.2, 0.25) is 0 Å². The van der Waals surface area contributed by atoms with Gasteiger partial charge in [0, 0.05) is 32.3 Å². The summed E-state index contributed by atoms with van der Waals surface area (Å²) in [4.78, 5) is 27.9. The first-order chi connectivity index (χ1) is 11.2. The summed E-state index contributed by atoms with van der Waals surface area (Å²) in [5.41, 5.74) is 1.54. The average molecular weight is 310 g/mol. The van der Waals surface area contributed by atoms with Crippen LogP contribution in [0, 0.1) is 0 Å². The largest absolute Gasteiger partial charge is 0.472 e. The molecule has 1 fully saturated rings. The highest BCUT2D eigenvalue weighted by molar-refractivity contribution is 5.94. The van der Waals surface area contributed by atoms with Crippen molar-refractivity contribution in [2.24, 2.45) is 0 Å². The van der Waals surface area contributed by atoms with Crippen molar-refractivity contribution in [2.45, 2.75) is 0 Å². The molecule has 0 N–H and O–H groups in total. The van der Waals surface area contributed by atoms with Crippen LogP contribution in [-0.4, -0.2) is 47.8 Å². The van der Waals surface area contributed by atoms with E-state index in [-0.39, 0.29) is 11.8 Å². The summed E-state index contributed by atoms with van der Waals surface area (Å²) >= 11 is 0. The lowest BCUT2D eigenvalue weighted by Crippen LogP contribution is -2.50. The van der Waals surface area contributed by atoms with Gasteiger partial charge < -0.3 is 14.2 Å². The standard InChI is InChI=1S/C18H18N2O3/c21-17(7-6-15-4-2-1-3-5-15)19-9-11-20(12-10-19)18(22)16-8-13-23-14-16/h1-8,13-14H,9-12H2/b7-6+. The lowest BCUT2D eigenvalue weighted by molar-refractivity contribution is -0.127. The van der Waals surface area contributed by atoms with Crippen LogP contribution < -0.4 is 0 Å². The van der Waals surface area contributed by atoms with Crippen LogP contribution in [0.15, 0.2) is 59.4 Å². The number of carbonyl (C=O) groups is 2. The zero-order valence-corrected chi connectivity index (χ0v) is 12.7. The van der Waals surface area contributed by atoms with Crippen molar-refractivity contribution in [3.8, 4) is 0 Å². The fraction of sp³-hybridized carbons (Fsp3) is 0.222. The maximum absolute atomic E-state index is 12.2. The first-order valence-corrected chi connectivity index (χ1v) is 7.57. The fourth-order valence-electron chi connectivity index (χ4n) is 2.54. The normalized spacial score (nSPS) is 15.1. The molecule has 0 saturated carbocycles. The molecule has 118 valence electrons. The fourth-order valence-corrected chi connectivity index (χ4v) is 2.54. The summed E-state index contributed by atoms with van der Waals surface area (Å²) in [7, 11) is 0. The third-order valence-corrected chi connectivity index (χ3v) is 3.86. The van der Waals surface area contributed by atoms with E-state index in [1.54, 1.807) is 21.9 Å². The topological polar surface area (TPSA) is 53.8 Å². The highest BCUT2D eigenvalue weighted by Gasteiger charge is 2.24. The predicted molar refractivity (Wildman–Crippen MR) is 86.7 cm³/mol. The van der Waals surface area contributed by atoms with Gasteiger partial charge in [0.25, 0.3) is 5.91 Å². The molecule has 1 aliphatic rings. The molecule has 3 rings (SSSR count). The Labute approximate surface area is 134 Å². The Balaban J connectivity index is 1.53. The molecule has 5 nitrogen and oxygen atoms in total. The van der Waals surface area contributed by atoms with E-state index in [1.807, 2.05) is 36.4 Å². The van der Waals surface area contributed by atoms with Crippen molar-refractivity contribution in [3.05, 3.63) is 66.1 Å². The second-order valence-corrected chi connectivity index (χ2v) is 5.37. The molecule has 0 aliphatic carbocycles. The van der Waals surface area contributed by atoms with E-state index in [0.717, 1.165) is 5.56 Å². The summed E-state index contributed by atoms with van der Waals surface area (Å²) in [6.07, 6.45) is 6.33. The second kappa shape index (κ2) is 6.96. The van der Waals surface area contributed by atoms with Crippen LogP contribution in [0.4, 0.5) is 0 Å². The molecule has 2 heterocycles. The van der Waals surface area contributed by atoms with Crippen LogP contribution in [0.25, 0.3) is 6.08 Å². The van der Waals surface area contributed by atoms with E-state index < -0.39 is 0 Å². The van der Waals surface area contributed by atoms with Crippen molar-refractivity contribution < 1.29 is 14.0 Å². The van der Waals surface area contributed by atoms with Gasteiger partial charge in [0.2, 0.25) is 5.91 Å². The van der Waals surface area contributed by atoms with E-state index in [0.29, 0.717) is 31.7 Å². The minimum Gasteiger partial charge on any atom is -0.472 e. The van der Waals surface area contributed by atoms with Gasteiger partial charge >= 0.3 is 0 Å². The quantitative estimate of drug-likeness (QED) is 0.817. The van der Waals surface area contributed by atoms with Crippen LogP contribution in [0.1, 0.15) is 15.9 Å².